The fourth-order valence-corrected chi connectivity index (χ4v) is 1.63. The molecule has 1 rings (SSSR count). The Balaban J connectivity index is 2.44. The van der Waals surface area contributed by atoms with E-state index in [0.29, 0.717) is 0 Å². The predicted octanol–water partition coefficient (Wildman–Crippen LogP) is 1.37. The molecule has 1 aliphatic heterocycles. The molecule has 0 bridgehead atoms. The lowest BCUT2D eigenvalue weighted by Gasteiger charge is -2.17. The monoisotopic (exact) mass is 188 g/mol. The van der Waals surface area contributed by atoms with Crippen molar-refractivity contribution in [3.05, 3.63) is 12.0 Å². The second kappa shape index (κ2) is 4.25. The predicted molar refractivity (Wildman–Crippen MR) is 50.4 cm³/mol. The average molecular weight is 188 g/mol. The van der Waals surface area contributed by atoms with Crippen molar-refractivity contribution in [1.82, 2.24) is 5.32 Å². The number of thioether (sulfide) groups is 1. The van der Waals surface area contributed by atoms with Gasteiger partial charge < -0.3 is 15.5 Å². The molecule has 0 saturated heterocycles. The molecule has 68 valence electrons. The van der Waals surface area contributed by atoms with E-state index in [1.807, 2.05) is 0 Å². The van der Waals surface area contributed by atoms with Crippen LogP contribution < -0.4 is 5.32 Å². The third-order valence-electron chi connectivity index (χ3n) is 1.27. The Bertz CT molecular complexity index is 215. The number of aliphatic imine (C=N–C) groups is 1. The zero-order valence-electron chi connectivity index (χ0n) is 6.82. The minimum atomic E-state index is -0.255. The van der Waals surface area contributed by atoms with Gasteiger partial charge >= 0.3 is 0 Å². The number of nitrogens with one attached hydrogen (secondary N) is 1. The van der Waals surface area contributed by atoms with Gasteiger partial charge in [-0.2, -0.15) is 0 Å². The number of hydrogen-bond donors (Lipinski definition) is 3. The van der Waals surface area contributed by atoms with Crippen LogP contribution in [0.25, 0.3) is 0 Å². The van der Waals surface area contributed by atoms with E-state index in [2.05, 4.69) is 17.2 Å². The van der Waals surface area contributed by atoms with Crippen molar-refractivity contribution in [2.45, 2.75) is 18.8 Å². The molecule has 1 heterocycles. The third kappa shape index (κ3) is 2.65. The summed E-state index contributed by atoms with van der Waals surface area (Å²) in [6.45, 7) is 2.06. The molecule has 0 aromatic rings. The van der Waals surface area contributed by atoms with Gasteiger partial charge in [-0.25, -0.2) is 4.99 Å². The Morgan fingerprint density at radius 2 is 2.42 bits per heavy atom. The Hall–Kier alpha value is -0.840. The fraction of sp³-hybridized carbons (Fsp3) is 0.571. The van der Waals surface area contributed by atoms with Gasteiger partial charge in [0.15, 0.2) is 11.4 Å². The van der Waals surface area contributed by atoms with E-state index in [1.165, 1.54) is 6.08 Å². The van der Waals surface area contributed by atoms with Crippen molar-refractivity contribution in [1.29, 1.82) is 0 Å². The summed E-state index contributed by atoms with van der Waals surface area (Å²) in [7, 11) is 0. The molecule has 1 unspecified atom stereocenters. The largest absolute Gasteiger partial charge is 0.495 e. The maximum atomic E-state index is 9.05. The molecule has 0 saturated carbocycles. The van der Waals surface area contributed by atoms with Crippen LogP contribution in [-0.2, 0) is 0 Å². The molecule has 1 atom stereocenters. The Labute approximate surface area is 75.4 Å². The second-order valence-electron chi connectivity index (χ2n) is 2.38. The van der Waals surface area contributed by atoms with Crippen molar-refractivity contribution in [2.75, 3.05) is 5.75 Å². The molecule has 0 aromatic heterocycles. The van der Waals surface area contributed by atoms with E-state index in [4.69, 9.17) is 10.2 Å². The summed E-state index contributed by atoms with van der Waals surface area (Å²) in [5, 5.41) is 20.8. The summed E-state index contributed by atoms with van der Waals surface area (Å²) in [4.78, 5) is 3.86. The summed E-state index contributed by atoms with van der Waals surface area (Å²) in [5.74, 6) is 0.790. The van der Waals surface area contributed by atoms with Gasteiger partial charge in [0, 0.05) is 0 Å². The molecule has 12 heavy (non-hydrogen) atoms. The zero-order valence-corrected chi connectivity index (χ0v) is 7.64. The van der Waals surface area contributed by atoms with Crippen LogP contribution in [0, 0.1) is 0 Å². The van der Waals surface area contributed by atoms with Crippen molar-refractivity contribution in [3.8, 4) is 0 Å². The van der Waals surface area contributed by atoms with Gasteiger partial charge in [0.2, 0.25) is 5.90 Å². The van der Waals surface area contributed by atoms with Crippen LogP contribution in [0.4, 0.5) is 0 Å². The van der Waals surface area contributed by atoms with Gasteiger partial charge in [0.1, 0.15) is 0 Å². The molecule has 1 aliphatic rings. The van der Waals surface area contributed by atoms with E-state index >= 15 is 0 Å². The molecule has 0 aliphatic carbocycles. The van der Waals surface area contributed by atoms with Gasteiger partial charge in [-0.05, 0) is 12.2 Å². The van der Waals surface area contributed by atoms with Crippen LogP contribution in [0.5, 0.6) is 0 Å². The molecule has 3 N–H and O–H groups in total. The van der Waals surface area contributed by atoms with Crippen molar-refractivity contribution in [3.63, 3.8) is 0 Å². The molecule has 0 spiro atoms. The first-order valence-corrected chi connectivity index (χ1v) is 4.83. The smallest absolute Gasteiger partial charge is 0.214 e. The first-order chi connectivity index (χ1) is 5.72. The summed E-state index contributed by atoms with van der Waals surface area (Å²) in [6.07, 6.45) is 2.23. The number of rotatable bonds is 3. The molecule has 5 heteroatoms. The molecule has 0 radical (unpaired) electrons. The third-order valence-corrected chi connectivity index (χ3v) is 2.45. The van der Waals surface area contributed by atoms with Gasteiger partial charge in [0.05, 0.1) is 6.08 Å². The maximum absolute atomic E-state index is 9.05. The highest BCUT2D eigenvalue weighted by Crippen LogP contribution is 2.14. The molecular formula is C7H12N2O2S. The highest BCUT2D eigenvalue weighted by molar-refractivity contribution is 7.99. The lowest BCUT2D eigenvalue weighted by Crippen LogP contribution is -2.29. The fourth-order valence-electron chi connectivity index (χ4n) is 0.789. The van der Waals surface area contributed by atoms with E-state index in [0.717, 1.165) is 12.2 Å². The van der Waals surface area contributed by atoms with E-state index in [1.54, 1.807) is 11.8 Å². The molecule has 0 fully saturated rings. The maximum Gasteiger partial charge on any atom is 0.214 e. The lowest BCUT2D eigenvalue weighted by atomic mass is 10.5. The van der Waals surface area contributed by atoms with Crippen LogP contribution in [0.2, 0.25) is 0 Å². The Morgan fingerprint density at radius 1 is 1.67 bits per heavy atom. The topological polar surface area (TPSA) is 64.9 Å². The SMILES string of the molecule is CCCSC1N=C(O)C=C(O)N1. The first-order valence-electron chi connectivity index (χ1n) is 3.78. The zero-order chi connectivity index (χ0) is 8.97. The van der Waals surface area contributed by atoms with Gasteiger partial charge in [-0.15, -0.1) is 11.8 Å². The standard InChI is InChI=1S/C7H12N2O2S/c1-2-3-12-7-8-5(10)4-6(11)9-7/h4,7-8,10H,2-3H2,1H3,(H,9,11). The molecule has 0 aromatic carbocycles. The lowest BCUT2D eigenvalue weighted by molar-refractivity contribution is 0.354. The Kier molecular flexibility index (Phi) is 3.28. The highest BCUT2D eigenvalue weighted by Gasteiger charge is 2.13. The number of aliphatic hydroxyl groups is 2. The van der Waals surface area contributed by atoms with Crippen LogP contribution in [0.15, 0.2) is 17.0 Å². The minimum Gasteiger partial charge on any atom is -0.495 e. The second-order valence-corrected chi connectivity index (χ2v) is 3.57. The van der Waals surface area contributed by atoms with E-state index in [-0.39, 0.29) is 17.3 Å². The number of nitrogens with zero attached hydrogens (tertiary/aromatic N) is 1. The summed E-state index contributed by atoms with van der Waals surface area (Å²) >= 11 is 1.55. The van der Waals surface area contributed by atoms with Crippen molar-refractivity contribution < 1.29 is 10.2 Å². The minimum absolute atomic E-state index is 0.0314. The van der Waals surface area contributed by atoms with Crippen LogP contribution in [0.3, 0.4) is 0 Å². The van der Waals surface area contributed by atoms with E-state index < -0.39 is 0 Å². The van der Waals surface area contributed by atoms with Gasteiger partial charge in [0.25, 0.3) is 0 Å². The normalized spacial score (nSPS) is 22.6. The van der Waals surface area contributed by atoms with Crippen molar-refractivity contribution >= 4 is 17.7 Å². The number of hydrogen-bond acceptors (Lipinski definition) is 4. The summed E-state index contributed by atoms with van der Waals surface area (Å²) < 4.78 is 0. The highest BCUT2D eigenvalue weighted by atomic mass is 32.2. The number of aliphatic hydroxyl groups excluding tert-OH is 2. The van der Waals surface area contributed by atoms with Crippen LogP contribution in [0.1, 0.15) is 13.3 Å². The van der Waals surface area contributed by atoms with Gasteiger partial charge in [-0.3, -0.25) is 0 Å². The van der Waals surface area contributed by atoms with Crippen LogP contribution in [-0.4, -0.2) is 27.4 Å². The first kappa shape index (κ1) is 9.25. The average Bonchev–Trinajstić information content (AvgIpc) is 1.99. The van der Waals surface area contributed by atoms with Crippen molar-refractivity contribution in [2.24, 2.45) is 4.99 Å². The quantitative estimate of drug-likeness (QED) is 0.626. The molecule has 0 amide bonds. The molecular weight excluding hydrogens is 176 g/mol. The van der Waals surface area contributed by atoms with Crippen LogP contribution >= 0.6 is 11.8 Å². The van der Waals surface area contributed by atoms with E-state index in [9.17, 15) is 0 Å². The molecule has 4 nitrogen and oxygen atoms in total. The Morgan fingerprint density at radius 3 is 3.00 bits per heavy atom. The van der Waals surface area contributed by atoms with Gasteiger partial charge in [-0.1, -0.05) is 6.92 Å². The summed E-state index contributed by atoms with van der Waals surface area (Å²) in [5.41, 5.74) is -0.255. The summed E-state index contributed by atoms with van der Waals surface area (Å²) in [6, 6.07) is 0.